The smallest absolute Gasteiger partial charge is 0.322 e. The van der Waals surface area contributed by atoms with Gasteiger partial charge >= 0.3 is 6.03 Å². The van der Waals surface area contributed by atoms with E-state index < -0.39 is 0 Å². The summed E-state index contributed by atoms with van der Waals surface area (Å²) in [4.78, 5) is 26.4. The van der Waals surface area contributed by atoms with Crippen molar-refractivity contribution in [2.45, 2.75) is 45.2 Å². The maximum Gasteiger partial charge on any atom is 0.322 e. The van der Waals surface area contributed by atoms with Crippen LogP contribution in [0.15, 0.2) is 42.5 Å². The van der Waals surface area contributed by atoms with Gasteiger partial charge in [0.1, 0.15) is 0 Å². The van der Waals surface area contributed by atoms with E-state index in [0.717, 1.165) is 29.7 Å². The van der Waals surface area contributed by atoms with E-state index in [9.17, 15) is 9.59 Å². The van der Waals surface area contributed by atoms with Gasteiger partial charge in [-0.1, -0.05) is 30.5 Å². The van der Waals surface area contributed by atoms with Crippen LogP contribution >= 0.6 is 11.6 Å². The Kier molecular flexibility index (Phi) is 5.53. The molecule has 3 amide bonds. The summed E-state index contributed by atoms with van der Waals surface area (Å²) in [5.41, 5.74) is 3.67. The molecule has 0 bridgehead atoms. The second-order valence-corrected chi connectivity index (χ2v) is 8.12. The van der Waals surface area contributed by atoms with Gasteiger partial charge in [-0.2, -0.15) is 0 Å². The number of hydrogen-bond acceptors (Lipinski definition) is 2. The summed E-state index contributed by atoms with van der Waals surface area (Å²) in [7, 11) is 0. The zero-order valence-electron chi connectivity index (χ0n) is 15.7. The second kappa shape index (κ2) is 8.23. The Bertz CT molecular complexity index is 876. The van der Waals surface area contributed by atoms with Crippen LogP contribution in [-0.2, 0) is 17.9 Å². The minimum atomic E-state index is -0.148. The molecule has 0 saturated heterocycles. The average molecular weight is 398 g/mol. The van der Waals surface area contributed by atoms with Crippen molar-refractivity contribution in [3.05, 3.63) is 58.6 Å². The van der Waals surface area contributed by atoms with E-state index in [2.05, 4.69) is 10.6 Å². The van der Waals surface area contributed by atoms with E-state index in [4.69, 9.17) is 11.6 Å². The van der Waals surface area contributed by atoms with Gasteiger partial charge in [-0.3, -0.25) is 4.79 Å². The molecule has 2 aromatic rings. The SMILES string of the molecule is O=C(CC1CCCC1)Nc1ccc(NC(=O)N2Cc3ccc(Cl)cc3C2)cc1. The molecule has 2 aliphatic rings. The summed E-state index contributed by atoms with van der Waals surface area (Å²) in [5.74, 6) is 0.593. The van der Waals surface area contributed by atoms with Gasteiger partial charge in [-0.25, -0.2) is 4.79 Å². The lowest BCUT2D eigenvalue weighted by Crippen LogP contribution is -2.30. The lowest BCUT2D eigenvalue weighted by Gasteiger charge is -2.16. The van der Waals surface area contributed by atoms with Crippen molar-refractivity contribution < 1.29 is 9.59 Å². The minimum Gasteiger partial charge on any atom is -0.326 e. The second-order valence-electron chi connectivity index (χ2n) is 7.68. The Morgan fingerprint density at radius 3 is 2.29 bits per heavy atom. The first kappa shape index (κ1) is 18.8. The highest BCUT2D eigenvalue weighted by Crippen LogP contribution is 2.28. The number of carbonyl (C=O) groups is 2. The van der Waals surface area contributed by atoms with E-state index in [1.54, 1.807) is 4.90 Å². The molecule has 5 nitrogen and oxygen atoms in total. The van der Waals surface area contributed by atoms with Crippen LogP contribution in [0, 0.1) is 5.92 Å². The molecule has 146 valence electrons. The van der Waals surface area contributed by atoms with Crippen LogP contribution in [-0.4, -0.2) is 16.8 Å². The summed E-state index contributed by atoms with van der Waals surface area (Å²) >= 11 is 6.03. The van der Waals surface area contributed by atoms with Crippen LogP contribution in [0.1, 0.15) is 43.2 Å². The van der Waals surface area contributed by atoms with Gasteiger partial charge in [0.25, 0.3) is 0 Å². The van der Waals surface area contributed by atoms with Crippen molar-refractivity contribution in [2.24, 2.45) is 5.92 Å². The molecule has 1 aliphatic heterocycles. The fourth-order valence-corrected chi connectivity index (χ4v) is 4.23. The monoisotopic (exact) mass is 397 g/mol. The highest BCUT2D eigenvalue weighted by Gasteiger charge is 2.23. The topological polar surface area (TPSA) is 61.4 Å². The molecule has 0 atom stereocenters. The summed E-state index contributed by atoms with van der Waals surface area (Å²) in [6.45, 7) is 1.13. The quantitative estimate of drug-likeness (QED) is 0.724. The molecule has 1 fully saturated rings. The number of fused-ring (bicyclic) bond motifs is 1. The molecule has 4 rings (SSSR count). The number of halogens is 1. The molecule has 2 aromatic carbocycles. The first-order chi connectivity index (χ1) is 13.6. The standard InChI is InChI=1S/C22H24ClN3O2/c23-18-6-5-16-13-26(14-17(16)12-18)22(28)25-20-9-7-19(8-10-20)24-21(27)11-15-3-1-2-4-15/h5-10,12,15H,1-4,11,13-14H2,(H,24,27)(H,25,28). The summed E-state index contributed by atoms with van der Waals surface area (Å²) in [6.07, 6.45) is 5.39. The molecule has 6 heteroatoms. The number of urea groups is 1. The lowest BCUT2D eigenvalue weighted by molar-refractivity contribution is -0.117. The first-order valence-electron chi connectivity index (χ1n) is 9.80. The molecule has 2 N–H and O–H groups in total. The molecule has 0 unspecified atom stereocenters. The zero-order valence-corrected chi connectivity index (χ0v) is 16.5. The predicted molar refractivity (Wildman–Crippen MR) is 111 cm³/mol. The predicted octanol–water partition coefficient (Wildman–Crippen LogP) is 5.41. The number of hydrogen-bond donors (Lipinski definition) is 2. The third-order valence-corrected chi connectivity index (χ3v) is 5.78. The lowest BCUT2D eigenvalue weighted by atomic mass is 10.0. The minimum absolute atomic E-state index is 0.0668. The Morgan fingerprint density at radius 2 is 1.57 bits per heavy atom. The van der Waals surface area contributed by atoms with Gasteiger partial charge in [0.15, 0.2) is 0 Å². The highest BCUT2D eigenvalue weighted by atomic mass is 35.5. The number of nitrogens with one attached hydrogen (secondary N) is 2. The summed E-state index contributed by atoms with van der Waals surface area (Å²) < 4.78 is 0. The number of carbonyl (C=O) groups excluding carboxylic acids is 2. The van der Waals surface area contributed by atoms with E-state index in [1.807, 2.05) is 42.5 Å². The Morgan fingerprint density at radius 1 is 0.929 bits per heavy atom. The molecule has 0 radical (unpaired) electrons. The van der Waals surface area contributed by atoms with Gasteiger partial charge < -0.3 is 15.5 Å². The number of nitrogens with zero attached hydrogens (tertiary/aromatic N) is 1. The summed E-state index contributed by atoms with van der Waals surface area (Å²) in [6, 6.07) is 12.8. The third kappa shape index (κ3) is 4.47. The maximum atomic E-state index is 12.5. The van der Waals surface area contributed by atoms with Gasteiger partial charge in [-0.15, -0.1) is 0 Å². The van der Waals surface area contributed by atoms with Crippen molar-refractivity contribution in [3.8, 4) is 0 Å². The first-order valence-corrected chi connectivity index (χ1v) is 10.2. The van der Waals surface area contributed by atoms with Gasteiger partial charge in [0.2, 0.25) is 5.91 Å². The van der Waals surface area contributed by atoms with Gasteiger partial charge in [0, 0.05) is 35.9 Å². The number of amides is 3. The molecule has 1 aliphatic carbocycles. The number of rotatable bonds is 4. The van der Waals surface area contributed by atoms with Crippen molar-refractivity contribution in [1.82, 2.24) is 4.90 Å². The normalized spacial score (nSPS) is 16.1. The molecule has 1 heterocycles. The third-order valence-electron chi connectivity index (χ3n) is 5.55. The highest BCUT2D eigenvalue weighted by molar-refractivity contribution is 6.30. The van der Waals surface area contributed by atoms with Crippen LogP contribution in [0.2, 0.25) is 5.02 Å². The van der Waals surface area contributed by atoms with Crippen molar-refractivity contribution >= 4 is 34.9 Å². The Hall–Kier alpha value is -2.53. The van der Waals surface area contributed by atoms with Gasteiger partial charge in [-0.05, 0) is 66.3 Å². The van der Waals surface area contributed by atoms with E-state index in [1.165, 1.54) is 12.8 Å². The maximum absolute atomic E-state index is 12.5. The van der Waals surface area contributed by atoms with Crippen molar-refractivity contribution in [1.29, 1.82) is 0 Å². The van der Waals surface area contributed by atoms with Crippen LogP contribution < -0.4 is 10.6 Å². The molecular weight excluding hydrogens is 374 g/mol. The van der Waals surface area contributed by atoms with Crippen LogP contribution in [0.3, 0.4) is 0 Å². The molecule has 28 heavy (non-hydrogen) atoms. The zero-order chi connectivity index (χ0) is 19.5. The molecular formula is C22H24ClN3O2. The molecule has 0 aromatic heterocycles. The van der Waals surface area contributed by atoms with E-state index in [-0.39, 0.29) is 11.9 Å². The van der Waals surface area contributed by atoms with E-state index >= 15 is 0 Å². The van der Waals surface area contributed by atoms with Gasteiger partial charge in [0.05, 0.1) is 0 Å². The molecule has 1 saturated carbocycles. The van der Waals surface area contributed by atoms with Crippen LogP contribution in [0.5, 0.6) is 0 Å². The fraction of sp³-hybridized carbons (Fsp3) is 0.364. The number of anilines is 2. The number of benzene rings is 2. The fourth-order valence-electron chi connectivity index (χ4n) is 4.03. The molecule has 0 spiro atoms. The van der Waals surface area contributed by atoms with Crippen LogP contribution in [0.25, 0.3) is 0 Å². The van der Waals surface area contributed by atoms with Crippen molar-refractivity contribution in [2.75, 3.05) is 10.6 Å². The summed E-state index contributed by atoms with van der Waals surface area (Å²) in [5, 5.41) is 6.55. The van der Waals surface area contributed by atoms with Crippen LogP contribution in [0.4, 0.5) is 16.2 Å². The largest absolute Gasteiger partial charge is 0.326 e. The average Bonchev–Trinajstić information content (AvgIpc) is 3.32. The Labute approximate surface area is 170 Å². The van der Waals surface area contributed by atoms with Crippen molar-refractivity contribution in [3.63, 3.8) is 0 Å². The Balaban J connectivity index is 1.29. The van der Waals surface area contributed by atoms with E-state index in [0.29, 0.717) is 36.1 Å².